The Morgan fingerprint density at radius 3 is 2.94 bits per heavy atom. The van der Waals surface area contributed by atoms with Crippen LogP contribution in [0.25, 0.3) is 0 Å². The maximum atomic E-state index is 13.3. The van der Waals surface area contributed by atoms with Gasteiger partial charge in [-0.2, -0.15) is 9.37 Å². The summed E-state index contributed by atoms with van der Waals surface area (Å²) in [5.74, 6) is 4.47. The van der Waals surface area contributed by atoms with Gasteiger partial charge < -0.3 is 4.74 Å². The lowest BCUT2D eigenvalue weighted by Gasteiger charge is -2.06. The highest BCUT2D eigenvalue weighted by molar-refractivity contribution is 5.26. The average molecular weight is 249 g/mol. The van der Waals surface area contributed by atoms with Crippen LogP contribution in [0.1, 0.15) is 5.69 Å². The largest absolute Gasteiger partial charge is 0.475 e. The second kappa shape index (κ2) is 5.87. The first-order chi connectivity index (χ1) is 8.79. The summed E-state index contributed by atoms with van der Waals surface area (Å²) in [5, 5.41) is 0. The van der Waals surface area contributed by atoms with Gasteiger partial charge in [0.15, 0.2) is 0 Å². The number of nitrogen functional groups attached to an aromatic ring is 1. The Bertz CT molecular complexity index is 508. The van der Waals surface area contributed by atoms with E-state index in [-0.39, 0.29) is 18.4 Å². The molecule has 0 saturated heterocycles. The monoisotopic (exact) mass is 249 g/mol. The summed E-state index contributed by atoms with van der Waals surface area (Å²) in [5.41, 5.74) is 3.09. The lowest BCUT2D eigenvalue weighted by Crippen LogP contribution is -2.12. The van der Waals surface area contributed by atoms with E-state index in [9.17, 15) is 4.39 Å². The summed E-state index contributed by atoms with van der Waals surface area (Å²) < 4.78 is 18.5. The molecular weight excluding hydrogens is 237 g/mol. The van der Waals surface area contributed by atoms with E-state index < -0.39 is 5.82 Å². The molecule has 0 fully saturated rings. The van der Waals surface area contributed by atoms with Crippen molar-refractivity contribution in [3.05, 3.63) is 42.1 Å². The zero-order chi connectivity index (χ0) is 12.8. The summed E-state index contributed by atoms with van der Waals surface area (Å²) in [4.78, 5) is 11.5. The maximum absolute atomic E-state index is 13.3. The number of halogens is 1. The van der Waals surface area contributed by atoms with Crippen LogP contribution in [0.2, 0.25) is 0 Å². The molecule has 18 heavy (non-hydrogen) atoms. The van der Waals surface area contributed by atoms with Gasteiger partial charge in [0.25, 0.3) is 5.88 Å². The van der Waals surface area contributed by atoms with Crippen LogP contribution >= 0.6 is 0 Å². The van der Waals surface area contributed by atoms with Crippen molar-refractivity contribution >= 4 is 5.95 Å². The standard InChI is InChI=1S/C11H12FN5O/c12-9-7-15-11(17-13)16-10(9)18-6-4-8-3-1-2-5-14-8/h1-3,5,7H,4,6,13H2,(H,15,16,17). The summed E-state index contributed by atoms with van der Waals surface area (Å²) in [6, 6.07) is 5.57. The Morgan fingerprint density at radius 2 is 2.22 bits per heavy atom. The minimum atomic E-state index is -0.630. The van der Waals surface area contributed by atoms with Gasteiger partial charge in [0.05, 0.1) is 12.8 Å². The number of nitrogens with one attached hydrogen (secondary N) is 1. The average Bonchev–Trinajstić information content (AvgIpc) is 2.42. The van der Waals surface area contributed by atoms with Crippen LogP contribution in [-0.2, 0) is 6.42 Å². The molecule has 0 radical (unpaired) electrons. The number of hydrogen-bond acceptors (Lipinski definition) is 6. The third-order valence-corrected chi connectivity index (χ3v) is 2.16. The number of nitrogens with two attached hydrogens (primary N) is 1. The molecule has 0 bridgehead atoms. The molecular formula is C11H12FN5O. The van der Waals surface area contributed by atoms with Crippen molar-refractivity contribution in [2.75, 3.05) is 12.0 Å². The second-order valence-corrected chi connectivity index (χ2v) is 3.41. The topological polar surface area (TPSA) is 86.0 Å². The van der Waals surface area contributed by atoms with Crippen LogP contribution in [0.15, 0.2) is 30.6 Å². The zero-order valence-electron chi connectivity index (χ0n) is 9.51. The predicted molar refractivity (Wildman–Crippen MR) is 63.2 cm³/mol. The van der Waals surface area contributed by atoms with Crippen LogP contribution in [0.4, 0.5) is 10.3 Å². The molecule has 3 N–H and O–H groups in total. The lowest BCUT2D eigenvalue weighted by atomic mass is 10.3. The van der Waals surface area contributed by atoms with E-state index in [0.717, 1.165) is 11.9 Å². The van der Waals surface area contributed by atoms with Gasteiger partial charge in [-0.05, 0) is 12.1 Å². The highest BCUT2D eigenvalue weighted by Crippen LogP contribution is 2.14. The molecule has 0 aliphatic heterocycles. The van der Waals surface area contributed by atoms with Gasteiger partial charge in [-0.3, -0.25) is 10.4 Å². The smallest absolute Gasteiger partial charge is 0.255 e. The predicted octanol–water partition coefficient (Wildman–Crippen LogP) is 0.918. The number of nitrogens with zero attached hydrogens (tertiary/aromatic N) is 3. The normalized spacial score (nSPS) is 10.1. The van der Waals surface area contributed by atoms with Crippen molar-refractivity contribution in [1.29, 1.82) is 0 Å². The fourth-order valence-electron chi connectivity index (χ4n) is 1.32. The van der Waals surface area contributed by atoms with Crippen molar-refractivity contribution in [1.82, 2.24) is 15.0 Å². The van der Waals surface area contributed by atoms with Crippen LogP contribution in [-0.4, -0.2) is 21.6 Å². The number of rotatable bonds is 5. The fourth-order valence-corrected chi connectivity index (χ4v) is 1.32. The Morgan fingerprint density at radius 1 is 1.33 bits per heavy atom. The Balaban J connectivity index is 1.94. The van der Waals surface area contributed by atoms with Gasteiger partial charge in [-0.1, -0.05) is 6.07 Å². The summed E-state index contributed by atoms with van der Waals surface area (Å²) in [6.45, 7) is 0.273. The molecule has 0 amide bonds. The molecule has 0 saturated carbocycles. The Labute approximate surface area is 103 Å². The van der Waals surface area contributed by atoms with Crippen molar-refractivity contribution in [3.63, 3.8) is 0 Å². The highest BCUT2D eigenvalue weighted by atomic mass is 19.1. The van der Waals surface area contributed by atoms with Gasteiger partial charge in [0.2, 0.25) is 11.8 Å². The molecule has 2 aromatic rings. The highest BCUT2D eigenvalue weighted by Gasteiger charge is 2.07. The molecule has 0 aliphatic rings. The maximum Gasteiger partial charge on any atom is 0.255 e. The molecule has 0 aliphatic carbocycles. The first-order valence-corrected chi connectivity index (χ1v) is 5.31. The van der Waals surface area contributed by atoms with E-state index >= 15 is 0 Å². The van der Waals surface area contributed by atoms with Crippen molar-refractivity contribution in [2.45, 2.75) is 6.42 Å². The van der Waals surface area contributed by atoms with Crippen molar-refractivity contribution in [2.24, 2.45) is 5.84 Å². The summed E-state index contributed by atoms with van der Waals surface area (Å²) in [6.07, 6.45) is 3.25. The molecule has 0 spiro atoms. The number of ether oxygens (including phenoxy) is 1. The third kappa shape index (κ3) is 3.11. The third-order valence-electron chi connectivity index (χ3n) is 2.16. The SMILES string of the molecule is NNc1ncc(F)c(OCCc2ccccn2)n1. The van der Waals surface area contributed by atoms with Gasteiger partial charge >= 0.3 is 0 Å². The van der Waals surface area contributed by atoms with E-state index in [0.29, 0.717) is 6.42 Å². The van der Waals surface area contributed by atoms with E-state index in [4.69, 9.17) is 10.6 Å². The molecule has 0 aromatic carbocycles. The summed E-state index contributed by atoms with van der Waals surface area (Å²) >= 11 is 0. The van der Waals surface area contributed by atoms with Crippen molar-refractivity contribution < 1.29 is 9.13 Å². The molecule has 2 rings (SSSR count). The van der Waals surface area contributed by atoms with E-state index in [1.54, 1.807) is 6.20 Å². The molecule has 2 aromatic heterocycles. The molecule has 0 unspecified atom stereocenters. The van der Waals surface area contributed by atoms with E-state index in [1.165, 1.54) is 0 Å². The van der Waals surface area contributed by atoms with E-state index in [1.807, 2.05) is 18.2 Å². The number of aromatic nitrogens is 3. The Kier molecular flexibility index (Phi) is 3.98. The molecule has 6 nitrogen and oxygen atoms in total. The lowest BCUT2D eigenvalue weighted by molar-refractivity contribution is 0.290. The first kappa shape index (κ1) is 12.2. The quantitative estimate of drug-likeness (QED) is 0.605. The molecule has 7 heteroatoms. The molecule has 94 valence electrons. The number of anilines is 1. The van der Waals surface area contributed by atoms with Crippen molar-refractivity contribution in [3.8, 4) is 5.88 Å². The van der Waals surface area contributed by atoms with Gasteiger partial charge in [0, 0.05) is 18.3 Å². The summed E-state index contributed by atoms with van der Waals surface area (Å²) in [7, 11) is 0. The number of hydrogen-bond donors (Lipinski definition) is 2. The van der Waals surface area contributed by atoms with Gasteiger partial charge in [-0.25, -0.2) is 10.8 Å². The number of hydrazine groups is 1. The zero-order valence-corrected chi connectivity index (χ0v) is 9.51. The minimum absolute atomic E-state index is 0.101. The first-order valence-electron chi connectivity index (χ1n) is 5.31. The van der Waals surface area contributed by atoms with Gasteiger partial charge in [0.1, 0.15) is 0 Å². The van der Waals surface area contributed by atoms with E-state index in [2.05, 4.69) is 20.4 Å². The van der Waals surface area contributed by atoms with Crippen LogP contribution in [0.3, 0.4) is 0 Å². The van der Waals surface area contributed by atoms with Gasteiger partial charge in [-0.15, -0.1) is 0 Å². The van der Waals surface area contributed by atoms with Crippen LogP contribution < -0.4 is 16.0 Å². The Hall–Kier alpha value is -2.28. The molecule has 0 atom stereocenters. The molecule has 2 heterocycles. The van der Waals surface area contributed by atoms with Crippen LogP contribution in [0, 0.1) is 5.82 Å². The number of pyridine rings is 1. The minimum Gasteiger partial charge on any atom is -0.475 e. The fraction of sp³-hybridized carbons (Fsp3) is 0.182. The second-order valence-electron chi connectivity index (χ2n) is 3.41. The van der Waals surface area contributed by atoms with Crippen LogP contribution in [0.5, 0.6) is 5.88 Å².